The van der Waals surface area contributed by atoms with E-state index >= 15 is 0 Å². The molecule has 0 atom stereocenters. The zero-order valence-corrected chi connectivity index (χ0v) is 19.8. The van der Waals surface area contributed by atoms with Crippen molar-refractivity contribution in [3.63, 3.8) is 0 Å². The Kier molecular flexibility index (Phi) is 7.25. The predicted octanol–water partition coefficient (Wildman–Crippen LogP) is 7.80. The van der Waals surface area contributed by atoms with Gasteiger partial charge in [-0.1, -0.05) is 46.9 Å². The standard InChI is InChI=1S/C24H14Cl3F3N2O3/c25-15-5-1-13(2-6-15)21-22(18-10-7-16(26)11-19(18)27)34-20(32-21)12-31-23(33)14-3-8-17(9-4-14)35-24(28,29)30/h1-11H,12H2,(H,31,33). The number of carbonyl (C=O) groups is 1. The number of carbonyl (C=O) groups excluding carboxylic acids is 1. The van der Waals surface area contributed by atoms with E-state index in [4.69, 9.17) is 39.2 Å². The molecule has 0 aliphatic rings. The van der Waals surface area contributed by atoms with Crippen molar-refractivity contribution in [3.8, 4) is 28.3 Å². The first-order chi connectivity index (χ1) is 16.6. The van der Waals surface area contributed by atoms with Crippen molar-refractivity contribution in [1.29, 1.82) is 0 Å². The van der Waals surface area contributed by atoms with Crippen LogP contribution in [0.1, 0.15) is 16.2 Å². The second-order valence-corrected chi connectivity index (χ2v) is 8.45. The summed E-state index contributed by atoms with van der Waals surface area (Å²) in [6.07, 6.45) is -4.82. The van der Waals surface area contributed by atoms with Crippen LogP contribution in [0.4, 0.5) is 13.2 Å². The highest BCUT2D eigenvalue weighted by molar-refractivity contribution is 6.36. The third-order valence-electron chi connectivity index (χ3n) is 4.72. The summed E-state index contributed by atoms with van der Waals surface area (Å²) in [5, 5.41) is 3.97. The monoisotopic (exact) mass is 540 g/mol. The van der Waals surface area contributed by atoms with E-state index in [1.807, 2.05) is 0 Å². The largest absolute Gasteiger partial charge is 0.573 e. The molecule has 180 valence electrons. The molecule has 1 N–H and O–H groups in total. The van der Waals surface area contributed by atoms with Gasteiger partial charge in [-0.3, -0.25) is 4.79 Å². The zero-order chi connectivity index (χ0) is 25.2. The summed E-state index contributed by atoms with van der Waals surface area (Å²) in [6.45, 7) is -0.0918. The SMILES string of the molecule is O=C(NCc1nc(-c2ccc(Cl)cc2)c(-c2ccc(Cl)cc2Cl)o1)c1ccc(OC(F)(F)F)cc1. The van der Waals surface area contributed by atoms with Gasteiger partial charge in [-0.2, -0.15) is 0 Å². The van der Waals surface area contributed by atoms with Gasteiger partial charge in [-0.05, 0) is 54.6 Å². The van der Waals surface area contributed by atoms with Crippen molar-refractivity contribution < 1.29 is 27.1 Å². The van der Waals surface area contributed by atoms with Gasteiger partial charge in [-0.15, -0.1) is 13.2 Å². The molecule has 1 amide bonds. The molecule has 3 aromatic carbocycles. The lowest BCUT2D eigenvalue weighted by molar-refractivity contribution is -0.274. The van der Waals surface area contributed by atoms with E-state index in [-0.39, 0.29) is 18.0 Å². The van der Waals surface area contributed by atoms with Gasteiger partial charge in [0.2, 0.25) is 5.89 Å². The molecule has 11 heteroatoms. The maximum Gasteiger partial charge on any atom is 0.573 e. The van der Waals surface area contributed by atoms with Crippen LogP contribution in [0.15, 0.2) is 71.1 Å². The summed E-state index contributed by atoms with van der Waals surface area (Å²) >= 11 is 18.4. The second kappa shape index (κ2) is 10.2. The zero-order valence-electron chi connectivity index (χ0n) is 17.5. The fourth-order valence-electron chi connectivity index (χ4n) is 3.17. The Morgan fingerprint density at radius 1 is 0.943 bits per heavy atom. The van der Waals surface area contributed by atoms with Crippen molar-refractivity contribution in [2.75, 3.05) is 0 Å². The minimum Gasteiger partial charge on any atom is -0.438 e. The Hall–Kier alpha value is -3.20. The number of amides is 1. The van der Waals surface area contributed by atoms with Gasteiger partial charge in [0.25, 0.3) is 5.91 Å². The normalized spacial score (nSPS) is 11.4. The molecule has 4 rings (SSSR count). The van der Waals surface area contributed by atoms with Gasteiger partial charge in [0.15, 0.2) is 5.76 Å². The number of ether oxygens (including phenoxy) is 1. The van der Waals surface area contributed by atoms with Crippen LogP contribution in [0.25, 0.3) is 22.6 Å². The van der Waals surface area contributed by atoms with Gasteiger partial charge in [0.05, 0.1) is 11.6 Å². The average molecular weight is 542 g/mol. The number of nitrogens with one attached hydrogen (secondary N) is 1. The fourth-order valence-corrected chi connectivity index (χ4v) is 3.79. The molecule has 1 heterocycles. The number of nitrogens with zero attached hydrogens (tertiary/aromatic N) is 1. The van der Waals surface area contributed by atoms with Crippen LogP contribution in [-0.2, 0) is 6.54 Å². The average Bonchev–Trinajstić information content (AvgIpc) is 3.21. The highest BCUT2D eigenvalue weighted by atomic mass is 35.5. The predicted molar refractivity (Wildman–Crippen MR) is 127 cm³/mol. The van der Waals surface area contributed by atoms with E-state index in [1.54, 1.807) is 42.5 Å². The van der Waals surface area contributed by atoms with Crippen LogP contribution in [0.5, 0.6) is 5.75 Å². The van der Waals surface area contributed by atoms with E-state index in [9.17, 15) is 18.0 Å². The van der Waals surface area contributed by atoms with Crippen LogP contribution < -0.4 is 10.1 Å². The summed E-state index contributed by atoms with van der Waals surface area (Å²) in [6, 6.07) is 16.4. The molecule has 0 fully saturated rings. The molecule has 5 nitrogen and oxygen atoms in total. The van der Waals surface area contributed by atoms with Crippen molar-refractivity contribution in [2.45, 2.75) is 12.9 Å². The van der Waals surface area contributed by atoms with E-state index in [0.29, 0.717) is 37.6 Å². The van der Waals surface area contributed by atoms with Crippen molar-refractivity contribution >= 4 is 40.7 Å². The Morgan fingerprint density at radius 3 is 2.23 bits per heavy atom. The lowest BCUT2D eigenvalue weighted by Gasteiger charge is -2.09. The summed E-state index contributed by atoms with van der Waals surface area (Å²) in [7, 11) is 0. The molecule has 35 heavy (non-hydrogen) atoms. The third kappa shape index (κ3) is 6.28. The Balaban J connectivity index is 1.57. The molecular formula is C24H14Cl3F3N2O3. The molecule has 4 aromatic rings. The number of hydrogen-bond acceptors (Lipinski definition) is 4. The lowest BCUT2D eigenvalue weighted by atomic mass is 10.1. The quantitative estimate of drug-likeness (QED) is 0.270. The molecule has 0 radical (unpaired) electrons. The van der Waals surface area contributed by atoms with Crippen molar-refractivity contribution in [1.82, 2.24) is 10.3 Å². The molecule has 0 spiro atoms. The Labute approximate surface area is 212 Å². The first-order valence-corrected chi connectivity index (χ1v) is 11.1. The smallest absolute Gasteiger partial charge is 0.438 e. The molecular weight excluding hydrogens is 528 g/mol. The molecule has 0 unspecified atom stereocenters. The topological polar surface area (TPSA) is 64.4 Å². The molecule has 0 aliphatic carbocycles. The number of rotatable bonds is 6. The van der Waals surface area contributed by atoms with E-state index in [1.165, 1.54) is 12.1 Å². The second-order valence-electron chi connectivity index (χ2n) is 7.17. The van der Waals surface area contributed by atoms with Crippen molar-refractivity contribution in [3.05, 3.63) is 93.3 Å². The van der Waals surface area contributed by atoms with Gasteiger partial charge < -0.3 is 14.5 Å². The number of benzene rings is 3. The van der Waals surface area contributed by atoms with Crippen LogP contribution in [0.2, 0.25) is 15.1 Å². The van der Waals surface area contributed by atoms with Gasteiger partial charge in [-0.25, -0.2) is 4.98 Å². The van der Waals surface area contributed by atoms with Gasteiger partial charge >= 0.3 is 6.36 Å². The first-order valence-electron chi connectivity index (χ1n) is 9.94. The maximum absolute atomic E-state index is 12.5. The highest BCUT2D eigenvalue weighted by Crippen LogP contribution is 2.38. The number of oxazole rings is 1. The van der Waals surface area contributed by atoms with Gasteiger partial charge in [0.1, 0.15) is 11.4 Å². The fraction of sp³-hybridized carbons (Fsp3) is 0.0833. The third-order valence-corrected chi connectivity index (χ3v) is 5.51. The van der Waals surface area contributed by atoms with Crippen LogP contribution >= 0.6 is 34.8 Å². The number of hydrogen-bond donors (Lipinski definition) is 1. The minimum absolute atomic E-state index is 0.0918. The van der Waals surface area contributed by atoms with Crippen molar-refractivity contribution in [2.24, 2.45) is 0 Å². The molecule has 0 aliphatic heterocycles. The molecule has 1 aromatic heterocycles. The number of alkyl halides is 3. The van der Waals surface area contributed by atoms with E-state index in [2.05, 4.69) is 15.0 Å². The summed E-state index contributed by atoms with van der Waals surface area (Å²) < 4.78 is 46.7. The van der Waals surface area contributed by atoms with E-state index < -0.39 is 18.0 Å². The van der Waals surface area contributed by atoms with Crippen LogP contribution in [-0.4, -0.2) is 17.3 Å². The molecule has 0 saturated heterocycles. The number of aromatic nitrogens is 1. The molecule has 0 saturated carbocycles. The lowest BCUT2D eigenvalue weighted by Crippen LogP contribution is -2.23. The maximum atomic E-state index is 12.5. The van der Waals surface area contributed by atoms with E-state index in [0.717, 1.165) is 12.1 Å². The van der Waals surface area contributed by atoms with Crippen LogP contribution in [0.3, 0.4) is 0 Å². The Bertz CT molecular complexity index is 1360. The molecule has 0 bridgehead atoms. The van der Waals surface area contributed by atoms with Gasteiger partial charge in [0, 0.05) is 26.7 Å². The Morgan fingerprint density at radius 2 is 1.60 bits per heavy atom. The first kappa shape index (κ1) is 24.9. The summed E-state index contributed by atoms with van der Waals surface area (Å²) in [5.74, 6) is -0.423. The minimum atomic E-state index is -4.82. The highest BCUT2D eigenvalue weighted by Gasteiger charge is 2.31. The van der Waals surface area contributed by atoms with Crippen LogP contribution in [0, 0.1) is 0 Å². The number of halogens is 6. The summed E-state index contributed by atoms with van der Waals surface area (Å²) in [4.78, 5) is 17.0. The summed E-state index contributed by atoms with van der Waals surface area (Å²) in [5.41, 5.74) is 1.86.